The van der Waals surface area contributed by atoms with Crippen LogP contribution < -0.4 is 0 Å². The van der Waals surface area contributed by atoms with Gasteiger partial charge in [-0.3, -0.25) is 9.36 Å². The van der Waals surface area contributed by atoms with Crippen molar-refractivity contribution in [3.05, 3.63) is 0 Å². The lowest BCUT2D eigenvalue weighted by atomic mass is 10.2. The van der Waals surface area contributed by atoms with Gasteiger partial charge in [-0.2, -0.15) is 0 Å². The van der Waals surface area contributed by atoms with Crippen molar-refractivity contribution in [2.24, 2.45) is 5.92 Å². The molecular formula is C7H15O5P. The van der Waals surface area contributed by atoms with Crippen LogP contribution in [-0.2, 0) is 23.1 Å². The highest BCUT2D eigenvalue weighted by molar-refractivity contribution is 7.53. The Hall–Kier alpha value is -0.380. The maximum absolute atomic E-state index is 11.5. The molecule has 0 N–H and O–H groups in total. The summed E-state index contributed by atoms with van der Waals surface area (Å²) in [6.07, 6.45) is 0.0344. The van der Waals surface area contributed by atoms with Crippen molar-refractivity contribution in [1.82, 2.24) is 0 Å². The van der Waals surface area contributed by atoms with Gasteiger partial charge in [0.15, 0.2) is 0 Å². The predicted octanol–water partition coefficient (Wildman–Crippen LogP) is 1.28. The lowest BCUT2D eigenvalue weighted by Gasteiger charge is -2.16. The van der Waals surface area contributed by atoms with Gasteiger partial charge in [0.1, 0.15) is 0 Å². The van der Waals surface area contributed by atoms with E-state index in [1.807, 2.05) is 0 Å². The highest BCUT2D eigenvalue weighted by atomic mass is 31.2. The molecule has 0 rings (SSSR count). The average molecular weight is 210 g/mol. The van der Waals surface area contributed by atoms with Crippen LogP contribution in [0.1, 0.15) is 6.92 Å². The third-order valence-corrected chi connectivity index (χ3v) is 3.76. The first kappa shape index (κ1) is 12.6. The molecule has 13 heavy (non-hydrogen) atoms. The topological polar surface area (TPSA) is 61.8 Å². The fraction of sp³-hybridized carbons (Fsp3) is 0.857. The van der Waals surface area contributed by atoms with Crippen molar-refractivity contribution in [3.63, 3.8) is 0 Å². The molecule has 0 fully saturated rings. The van der Waals surface area contributed by atoms with E-state index in [4.69, 9.17) is 0 Å². The minimum Gasteiger partial charge on any atom is -0.469 e. The second kappa shape index (κ2) is 5.37. The molecule has 0 amide bonds. The van der Waals surface area contributed by atoms with Crippen LogP contribution in [0.25, 0.3) is 0 Å². The number of carbonyl (C=O) groups excluding carboxylic acids is 1. The third-order valence-electron chi connectivity index (χ3n) is 1.66. The Morgan fingerprint density at radius 3 is 2.08 bits per heavy atom. The van der Waals surface area contributed by atoms with Crippen molar-refractivity contribution in [2.45, 2.75) is 6.92 Å². The number of methoxy groups -OCH3 is 1. The zero-order valence-corrected chi connectivity index (χ0v) is 9.17. The highest BCUT2D eigenvalue weighted by Gasteiger charge is 2.28. The second-order valence-electron chi connectivity index (χ2n) is 2.58. The molecule has 0 heterocycles. The minimum absolute atomic E-state index is 0.0344. The Morgan fingerprint density at radius 2 is 1.77 bits per heavy atom. The van der Waals surface area contributed by atoms with Crippen molar-refractivity contribution in [2.75, 3.05) is 27.5 Å². The summed E-state index contributed by atoms with van der Waals surface area (Å²) >= 11 is 0. The second-order valence-corrected chi connectivity index (χ2v) is 4.90. The SMILES string of the molecule is COC(=O)C(C)CP(=O)(OC)OC. The van der Waals surface area contributed by atoms with Gasteiger partial charge in [-0.1, -0.05) is 6.92 Å². The van der Waals surface area contributed by atoms with Crippen LogP contribution in [0.5, 0.6) is 0 Å². The maximum atomic E-state index is 11.5. The summed E-state index contributed by atoms with van der Waals surface area (Å²) in [4.78, 5) is 11.0. The van der Waals surface area contributed by atoms with E-state index in [-0.39, 0.29) is 6.16 Å². The standard InChI is InChI=1S/C7H15O5P/c1-6(7(8)10-2)5-13(9,11-3)12-4/h6H,5H2,1-4H3. The molecule has 0 spiro atoms. The van der Waals surface area contributed by atoms with Gasteiger partial charge in [0, 0.05) is 14.2 Å². The zero-order valence-electron chi connectivity index (χ0n) is 8.27. The van der Waals surface area contributed by atoms with Crippen molar-refractivity contribution in [3.8, 4) is 0 Å². The van der Waals surface area contributed by atoms with Crippen LogP contribution in [0.2, 0.25) is 0 Å². The van der Waals surface area contributed by atoms with Crippen LogP contribution in [0.15, 0.2) is 0 Å². The first-order valence-corrected chi connectivity index (χ1v) is 5.50. The molecular weight excluding hydrogens is 195 g/mol. The van der Waals surface area contributed by atoms with E-state index in [1.165, 1.54) is 21.3 Å². The number of ether oxygens (including phenoxy) is 1. The van der Waals surface area contributed by atoms with E-state index >= 15 is 0 Å². The normalized spacial score (nSPS) is 13.8. The molecule has 0 bridgehead atoms. The number of hydrogen-bond donors (Lipinski definition) is 0. The Balaban J connectivity index is 4.25. The van der Waals surface area contributed by atoms with Gasteiger partial charge in [0.05, 0.1) is 19.2 Å². The van der Waals surface area contributed by atoms with Crippen molar-refractivity contribution in [1.29, 1.82) is 0 Å². The van der Waals surface area contributed by atoms with Crippen LogP contribution in [-0.4, -0.2) is 33.5 Å². The maximum Gasteiger partial charge on any atom is 0.331 e. The Bertz CT molecular complexity index is 207. The fourth-order valence-corrected chi connectivity index (χ4v) is 2.10. The molecule has 0 aromatic rings. The first-order chi connectivity index (χ1) is 5.99. The number of hydrogen-bond acceptors (Lipinski definition) is 5. The van der Waals surface area contributed by atoms with Crippen molar-refractivity contribution < 1.29 is 23.1 Å². The summed E-state index contributed by atoms with van der Waals surface area (Å²) in [5.41, 5.74) is 0. The highest BCUT2D eigenvalue weighted by Crippen LogP contribution is 2.47. The van der Waals surface area contributed by atoms with Crippen molar-refractivity contribution >= 4 is 13.6 Å². The number of esters is 1. The van der Waals surface area contributed by atoms with Gasteiger partial charge in [-0.15, -0.1) is 0 Å². The quantitative estimate of drug-likeness (QED) is 0.505. The number of rotatable bonds is 5. The Morgan fingerprint density at radius 1 is 1.31 bits per heavy atom. The van der Waals surface area contributed by atoms with Gasteiger partial charge in [0.2, 0.25) is 0 Å². The van der Waals surface area contributed by atoms with E-state index in [0.717, 1.165) is 0 Å². The number of carbonyl (C=O) groups is 1. The third kappa shape index (κ3) is 3.89. The summed E-state index contributed by atoms with van der Waals surface area (Å²) in [5, 5.41) is 0. The molecule has 0 aromatic heterocycles. The summed E-state index contributed by atoms with van der Waals surface area (Å²) in [6, 6.07) is 0. The summed E-state index contributed by atoms with van der Waals surface area (Å²) < 4.78 is 25.4. The Labute approximate surface area is 77.9 Å². The van der Waals surface area contributed by atoms with Gasteiger partial charge in [-0.05, 0) is 0 Å². The molecule has 0 aromatic carbocycles. The van der Waals surface area contributed by atoms with E-state index in [0.29, 0.717) is 0 Å². The summed E-state index contributed by atoms with van der Waals surface area (Å²) in [6.45, 7) is 1.61. The molecule has 6 heteroatoms. The predicted molar refractivity (Wildman–Crippen MR) is 47.7 cm³/mol. The van der Waals surface area contributed by atoms with Crippen LogP contribution >= 0.6 is 7.60 Å². The molecule has 78 valence electrons. The molecule has 0 aliphatic carbocycles. The van der Waals surface area contributed by atoms with E-state index in [9.17, 15) is 9.36 Å². The largest absolute Gasteiger partial charge is 0.469 e. The molecule has 5 nitrogen and oxygen atoms in total. The molecule has 1 atom stereocenters. The fourth-order valence-electron chi connectivity index (χ4n) is 0.835. The van der Waals surface area contributed by atoms with Crippen LogP contribution in [0, 0.1) is 5.92 Å². The molecule has 0 aliphatic heterocycles. The molecule has 0 saturated heterocycles. The summed E-state index contributed by atoms with van der Waals surface area (Å²) in [7, 11) is 0.748. The average Bonchev–Trinajstić information content (AvgIpc) is 2.16. The Kier molecular flexibility index (Phi) is 5.21. The smallest absolute Gasteiger partial charge is 0.331 e. The lowest BCUT2D eigenvalue weighted by molar-refractivity contribution is -0.144. The molecule has 0 aliphatic rings. The van der Waals surface area contributed by atoms with Gasteiger partial charge in [-0.25, -0.2) is 0 Å². The van der Waals surface area contributed by atoms with Gasteiger partial charge >= 0.3 is 13.6 Å². The molecule has 0 radical (unpaired) electrons. The van der Waals surface area contributed by atoms with E-state index < -0.39 is 19.5 Å². The van der Waals surface area contributed by atoms with Crippen LogP contribution in [0.4, 0.5) is 0 Å². The van der Waals surface area contributed by atoms with E-state index in [1.54, 1.807) is 6.92 Å². The monoisotopic (exact) mass is 210 g/mol. The molecule has 0 saturated carbocycles. The van der Waals surface area contributed by atoms with Gasteiger partial charge in [0.25, 0.3) is 0 Å². The first-order valence-electron chi connectivity index (χ1n) is 3.77. The zero-order chi connectivity index (χ0) is 10.5. The minimum atomic E-state index is -3.11. The molecule has 1 unspecified atom stereocenters. The summed E-state index contributed by atoms with van der Waals surface area (Å²) in [5.74, 6) is -0.912. The van der Waals surface area contributed by atoms with Crippen LogP contribution in [0.3, 0.4) is 0 Å². The van der Waals surface area contributed by atoms with Gasteiger partial charge < -0.3 is 13.8 Å². The lowest BCUT2D eigenvalue weighted by Crippen LogP contribution is -2.17. The van der Waals surface area contributed by atoms with E-state index in [2.05, 4.69) is 13.8 Å².